The molecular formula is C15H21Cl4FN2. The number of rotatable bonds is 3. The molecule has 0 radical (unpaired) electrons. The number of nitrogens with one attached hydrogen (secondary N) is 1. The van der Waals surface area contributed by atoms with Crippen LogP contribution < -0.4 is 5.32 Å². The number of halogens is 5. The number of hydrogen-bond donors (Lipinski definition) is 1. The number of hydrogen-bond acceptors (Lipinski definition) is 2. The summed E-state index contributed by atoms with van der Waals surface area (Å²) in [5, 5.41) is 4.18. The summed E-state index contributed by atoms with van der Waals surface area (Å²) in [6, 6.07) is 3.05. The fourth-order valence-electron chi connectivity index (χ4n) is 3.25. The second kappa shape index (κ2) is 8.91. The van der Waals surface area contributed by atoms with Crippen molar-refractivity contribution in [3.63, 3.8) is 0 Å². The Morgan fingerprint density at radius 2 is 1.77 bits per heavy atom. The van der Waals surface area contributed by atoms with E-state index in [2.05, 4.69) is 10.2 Å². The first kappa shape index (κ1) is 20.3. The maximum Gasteiger partial charge on any atom is 0.129 e. The van der Waals surface area contributed by atoms with Crippen LogP contribution in [0.1, 0.15) is 30.9 Å². The quantitative estimate of drug-likeness (QED) is 0.752. The van der Waals surface area contributed by atoms with Crippen LogP contribution in [0.15, 0.2) is 12.1 Å². The van der Waals surface area contributed by atoms with Crippen molar-refractivity contribution < 1.29 is 4.39 Å². The van der Waals surface area contributed by atoms with Crippen LogP contribution in [-0.4, -0.2) is 31.1 Å². The highest BCUT2D eigenvalue weighted by Crippen LogP contribution is 2.45. The molecule has 1 heterocycles. The minimum absolute atomic E-state index is 0. The van der Waals surface area contributed by atoms with Gasteiger partial charge in [0, 0.05) is 37.8 Å². The molecule has 126 valence electrons. The van der Waals surface area contributed by atoms with Crippen LogP contribution >= 0.6 is 48.0 Å². The van der Waals surface area contributed by atoms with Crippen LogP contribution in [-0.2, 0) is 0 Å². The molecule has 7 heteroatoms. The lowest BCUT2D eigenvalue weighted by Crippen LogP contribution is -2.48. The molecule has 0 amide bonds. The normalized spacial score (nSPS) is 20.5. The summed E-state index contributed by atoms with van der Waals surface area (Å²) >= 11 is 12.4. The first-order valence-corrected chi connectivity index (χ1v) is 8.02. The van der Waals surface area contributed by atoms with E-state index in [1.165, 1.54) is 18.6 Å². The van der Waals surface area contributed by atoms with E-state index in [1.54, 1.807) is 0 Å². The fourth-order valence-corrected chi connectivity index (χ4v) is 3.68. The van der Waals surface area contributed by atoms with E-state index in [0.29, 0.717) is 21.5 Å². The lowest BCUT2D eigenvalue weighted by atomic mass is 9.76. The van der Waals surface area contributed by atoms with Crippen LogP contribution in [0.3, 0.4) is 0 Å². The third-order valence-corrected chi connectivity index (χ3v) is 5.34. The summed E-state index contributed by atoms with van der Waals surface area (Å²) in [6.07, 6.45) is 3.53. The summed E-state index contributed by atoms with van der Waals surface area (Å²) in [5.41, 5.74) is 0.603. The first-order chi connectivity index (χ1) is 9.68. The average Bonchev–Trinajstić information content (AvgIpc) is 2.41. The molecule has 1 N–H and O–H groups in total. The Bertz CT molecular complexity index is 491. The van der Waals surface area contributed by atoms with E-state index in [0.717, 1.165) is 39.0 Å². The van der Waals surface area contributed by atoms with E-state index in [-0.39, 0.29) is 36.7 Å². The van der Waals surface area contributed by atoms with Gasteiger partial charge in [0.2, 0.25) is 0 Å². The highest BCUT2D eigenvalue weighted by Gasteiger charge is 2.36. The summed E-state index contributed by atoms with van der Waals surface area (Å²) in [4.78, 5) is 2.36. The maximum atomic E-state index is 14.4. The fraction of sp³-hybridized carbons (Fsp3) is 0.600. The van der Waals surface area contributed by atoms with Crippen molar-refractivity contribution >= 4 is 48.0 Å². The molecule has 2 aliphatic rings. The topological polar surface area (TPSA) is 15.3 Å². The van der Waals surface area contributed by atoms with Crippen LogP contribution in [0.4, 0.5) is 4.39 Å². The predicted molar refractivity (Wildman–Crippen MR) is 95.4 cm³/mol. The van der Waals surface area contributed by atoms with E-state index in [9.17, 15) is 4.39 Å². The minimum atomic E-state index is -0.227. The Morgan fingerprint density at radius 3 is 2.32 bits per heavy atom. The second-order valence-electron chi connectivity index (χ2n) is 5.68. The van der Waals surface area contributed by atoms with Gasteiger partial charge in [-0.3, -0.25) is 4.90 Å². The molecule has 1 aromatic carbocycles. The predicted octanol–water partition coefficient (Wildman–Crippen LogP) is 4.72. The maximum absolute atomic E-state index is 14.4. The molecule has 3 rings (SSSR count). The summed E-state index contributed by atoms with van der Waals surface area (Å²) in [5.74, 6) is 0.272. The summed E-state index contributed by atoms with van der Waals surface area (Å²) < 4.78 is 14.4. The monoisotopic (exact) mass is 388 g/mol. The third kappa shape index (κ3) is 4.00. The van der Waals surface area contributed by atoms with Gasteiger partial charge >= 0.3 is 0 Å². The zero-order valence-corrected chi connectivity index (χ0v) is 15.3. The molecule has 2 fully saturated rings. The SMILES string of the molecule is Cl.Cl.Fc1ccc(Cl)c(Cl)c1[C@@H](C1CCC1)N1CCNCC1. The van der Waals surface area contributed by atoms with Crippen LogP contribution in [0, 0.1) is 11.7 Å². The Morgan fingerprint density at radius 1 is 1.14 bits per heavy atom. The molecule has 1 aromatic rings. The molecule has 2 nitrogen and oxygen atoms in total. The molecule has 0 unspecified atom stereocenters. The van der Waals surface area contributed by atoms with Crippen molar-refractivity contribution in [3.8, 4) is 0 Å². The van der Waals surface area contributed by atoms with Gasteiger partial charge in [-0.1, -0.05) is 29.6 Å². The van der Waals surface area contributed by atoms with Gasteiger partial charge < -0.3 is 5.32 Å². The van der Waals surface area contributed by atoms with Crippen molar-refractivity contribution in [2.75, 3.05) is 26.2 Å². The first-order valence-electron chi connectivity index (χ1n) is 7.26. The van der Waals surface area contributed by atoms with Gasteiger partial charge in [0.15, 0.2) is 0 Å². The molecular weight excluding hydrogens is 369 g/mol. The van der Waals surface area contributed by atoms with Crippen molar-refractivity contribution in [2.24, 2.45) is 5.92 Å². The van der Waals surface area contributed by atoms with E-state index in [4.69, 9.17) is 23.2 Å². The van der Waals surface area contributed by atoms with Crippen LogP contribution in [0.2, 0.25) is 10.0 Å². The lowest BCUT2D eigenvalue weighted by Gasteiger charge is -2.43. The molecule has 1 saturated heterocycles. The van der Waals surface area contributed by atoms with Gasteiger partial charge in [-0.05, 0) is 30.9 Å². The standard InChI is InChI=1S/C15H19Cl2FN2.2ClH/c16-11-4-5-12(18)13(14(11)17)15(10-2-1-3-10)20-8-6-19-7-9-20;;/h4-5,10,15,19H,1-3,6-9H2;2*1H/t15-;;/m1../s1. The summed E-state index contributed by atoms with van der Waals surface area (Å²) in [6.45, 7) is 3.76. The third-order valence-electron chi connectivity index (χ3n) is 4.52. The van der Waals surface area contributed by atoms with Gasteiger partial charge in [0.1, 0.15) is 5.82 Å². The van der Waals surface area contributed by atoms with E-state index >= 15 is 0 Å². The van der Waals surface area contributed by atoms with Crippen LogP contribution in [0.25, 0.3) is 0 Å². The second-order valence-corrected chi connectivity index (χ2v) is 6.46. The molecule has 1 atom stereocenters. The van der Waals surface area contributed by atoms with Gasteiger partial charge in [0.05, 0.1) is 10.0 Å². The Hall–Kier alpha value is 0.230. The molecule has 1 aliphatic carbocycles. The number of benzene rings is 1. The van der Waals surface area contributed by atoms with Crippen LogP contribution in [0.5, 0.6) is 0 Å². The van der Waals surface area contributed by atoms with Gasteiger partial charge in [-0.25, -0.2) is 4.39 Å². The summed E-state index contributed by atoms with van der Waals surface area (Å²) in [7, 11) is 0. The largest absolute Gasteiger partial charge is 0.314 e. The molecule has 22 heavy (non-hydrogen) atoms. The zero-order chi connectivity index (χ0) is 14.1. The number of piperazine rings is 1. The highest BCUT2D eigenvalue weighted by atomic mass is 35.5. The molecule has 1 saturated carbocycles. The Balaban J connectivity index is 0.00000121. The van der Waals surface area contributed by atoms with Gasteiger partial charge in [-0.15, -0.1) is 24.8 Å². The molecule has 1 aliphatic heterocycles. The highest BCUT2D eigenvalue weighted by molar-refractivity contribution is 6.42. The number of nitrogens with zero attached hydrogens (tertiary/aromatic N) is 1. The Labute approximate surface area is 153 Å². The lowest BCUT2D eigenvalue weighted by molar-refractivity contribution is 0.0813. The van der Waals surface area contributed by atoms with Crippen molar-refractivity contribution in [3.05, 3.63) is 33.6 Å². The minimum Gasteiger partial charge on any atom is -0.314 e. The van der Waals surface area contributed by atoms with Crippen molar-refractivity contribution in [1.29, 1.82) is 0 Å². The Kier molecular flexibility index (Phi) is 8.21. The van der Waals surface area contributed by atoms with E-state index in [1.807, 2.05) is 0 Å². The zero-order valence-electron chi connectivity index (χ0n) is 12.2. The van der Waals surface area contributed by atoms with Gasteiger partial charge in [0.25, 0.3) is 0 Å². The van der Waals surface area contributed by atoms with E-state index < -0.39 is 0 Å². The molecule has 0 spiro atoms. The van der Waals surface area contributed by atoms with Gasteiger partial charge in [-0.2, -0.15) is 0 Å². The smallest absolute Gasteiger partial charge is 0.129 e. The van der Waals surface area contributed by atoms with Crippen molar-refractivity contribution in [1.82, 2.24) is 10.2 Å². The molecule has 0 aromatic heterocycles. The van der Waals surface area contributed by atoms with Crippen molar-refractivity contribution in [2.45, 2.75) is 25.3 Å². The molecule has 0 bridgehead atoms. The average molecular weight is 390 g/mol.